The quantitative estimate of drug-likeness (QED) is 0.915. The molecule has 1 aromatic rings. The Kier molecular flexibility index (Phi) is 3.10. The summed E-state index contributed by atoms with van der Waals surface area (Å²) in [6.07, 6.45) is 2.93. The van der Waals surface area contributed by atoms with Crippen molar-refractivity contribution in [2.24, 2.45) is 0 Å². The number of hydrogen-bond acceptors (Lipinski definition) is 3. The van der Waals surface area contributed by atoms with Gasteiger partial charge in [-0.25, -0.2) is 8.42 Å². The van der Waals surface area contributed by atoms with Gasteiger partial charge in [-0.2, -0.15) is 4.31 Å². The van der Waals surface area contributed by atoms with Crippen LogP contribution >= 0.6 is 0 Å². The second-order valence-corrected chi connectivity index (χ2v) is 7.46. The highest BCUT2D eigenvalue weighted by atomic mass is 32.2. The predicted molar refractivity (Wildman–Crippen MR) is 73.0 cm³/mol. The Morgan fingerprint density at radius 3 is 2.40 bits per heavy atom. The molecule has 5 nitrogen and oxygen atoms in total. The summed E-state index contributed by atoms with van der Waals surface area (Å²) in [6, 6.07) is 6.44. The van der Waals surface area contributed by atoms with Crippen LogP contribution in [-0.2, 0) is 20.2 Å². The van der Waals surface area contributed by atoms with Crippen LogP contribution in [0.25, 0.3) is 0 Å². The number of rotatable bonds is 4. The maximum atomic E-state index is 12.5. The molecule has 1 heterocycles. The summed E-state index contributed by atoms with van der Waals surface area (Å²) in [4.78, 5) is 11.6. The summed E-state index contributed by atoms with van der Waals surface area (Å²) in [6.45, 7) is 1.10. The van der Waals surface area contributed by atoms with Crippen molar-refractivity contribution >= 4 is 16.0 Å². The van der Waals surface area contributed by atoms with Gasteiger partial charge < -0.3 is 5.11 Å². The van der Waals surface area contributed by atoms with Crippen LogP contribution in [0, 0.1) is 0 Å². The van der Waals surface area contributed by atoms with E-state index in [9.17, 15) is 18.3 Å². The van der Waals surface area contributed by atoms with Crippen molar-refractivity contribution in [1.29, 1.82) is 0 Å². The minimum Gasteiger partial charge on any atom is -0.481 e. The van der Waals surface area contributed by atoms with Crippen molar-refractivity contribution in [3.05, 3.63) is 29.8 Å². The van der Waals surface area contributed by atoms with E-state index < -0.39 is 21.4 Å². The second kappa shape index (κ2) is 4.56. The molecule has 108 valence electrons. The monoisotopic (exact) mass is 295 g/mol. The SMILES string of the molecule is O=C(O)C1(c2cccc(S(=O)(=O)N3CCCC3)c2)CC1. The van der Waals surface area contributed by atoms with E-state index in [1.165, 1.54) is 10.4 Å². The molecule has 1 aliphatic heterocycles. The topological polar surface area (TPSA) is 74.7 Å². The molecule has 6 heteroatoms. The summed E-state index contributed by atoms with van der Waals surface area (Å²) in [5.41, 5.74) is -0.262. The lowest BCUT2D eigenvalue weighted by Crippen LogP contribution is -2.28. The number of carboxylic acid groups (broad SMARTS) is 1. The van der Waals surface area contributed by atoms with Crippen molar-refractivity contribution in [2.45, 2.75) is 36.0 Å². The summed E-state index contributed by atoms with van der Waals surface area (Å²) in [7, 11) is -3.48. The van der Waals surface area contributed by atoms with Gasteiger partial charge in [0.05, 0.1) is 10.3 Å². The molecule has 1 aromatic carbocycles. The zero-order valence-electron chi connectivity index (χ0n) is 11.1. The highest BCUT2D eigenvalue weighted by Gasteiger charge is 2.52. The van der Waals surface area contributed by atoms with Gasteiger partial charge in [-0.1, -0.05) is 12.1 Å². The van der Waals surface area contributed by atoms with E-state index in [2.05, 4.69) is 0 Å². The van der Waals surface area contributed by atoms with Gasteiger partial charge in [0.15, 0.2) is 0 Å². The van der Waals surface area contributed by atoms with E-state index in [0.717, 1.165) is 12.8 Å². The van der Waals surface area contributed by atoms with Crippen LogP contribution < -0.4 is 0 Å². The van der Waals surface area contributed by atoms with Crippen LogP contribution in [0.2, 0.25) is 0 Å². The molecule has 0 amide bonds. The maximum Gasteiger partial charge on any atom is 0.314 e. The van der Waals surface area contributed by atoms with Gasteiger partial charge in [0.25, 0.3) is 0 Å². The summed E-state index contributed by atoms with van der Waals surface area (Å²) in [5.74, 6) is -0.867. The molecule has 20 heavy (non-hydrogen) atoms. The highest BCUT2D eigenvalue weighted by Crippen LogP contribution is 2.48. The largest absolute Gasteiger partial charge is 0.481 e. The Balaban J connectivity index is 1.98. The van der Waals surface area contributed by atoms with Crippen molar-refractivity contribution < 1.29 is 18.3 Å². The van der Waals surface area contributed by atoms with Crippen molar-refractivity contribution in [2.75, 3.05) is 13.1 Å². The number of nitrogens with zero attached hydrogens (tertiary/aromatic N) is 1. The molecule has 1 saturated carbocycles. The third-order valence-corrected chi connectivity index (χ3v) is 6.14. The lowest BCUT2D eigenvalue weighted by atomic mass is 9.96. The number of benzene rings is 1. The summed E-state index contributed by atoms with van der Waals surface area (Å²) >= 11 is 0. The van der Waals surface area contributed by atoms with E-state index in [-0.39, 0.29) is 4.90 Å². The Bertz CT molecular complexity index is 643. The van der Waals surface area contributed by atoms with Gasteiger partial charge in [-0.15, -0.1) is 0 Å². The minimum absolute atomic E-state index is 0.212. The van der Waals surface area contributed by atoms with Crippen LogP contribution in [0.3, 0.4) is 0 Å². The molecule has 0 atom stereocenters. The Morgan fingerprint density at radius 1 is 1.20 bits per heavy atom. The van der Waals surface area contributed by atoms with Gasteiger partial charge in [-0.3, -0.25) is 4.79 Å². The first kappa shape index (κ1) is 13.6. The van der Waals surface area contributed by atoms with Crippen molar-refractivity contribution in [1.82, 2.24) is 4.31 Å². The fourth-order valence-electron chi connectivity index (χ4n) is 2.78. The first-order valence-corrected chi connectivity index (χ1v) is 8.25. The van der Waals surface area contributed by atoms with Gasteiger partial charge in [-0.05, 0) is 43.4 Å². The standard InChI is InChI=1S/C14H17NO4S/c16-13(17)14(6-7-14)11-4-3-5-12(10-11)20(18,19)15-8-1-2-9-15/h3-5,10H,1-2,6-9H2,(H,16,17). The van der Waals surface area contributed by atoms with Crippen LogP contribution in [0.4, 0.5) is 0 Å². The number of hydrogen-bond donors (Lipinski definition) is 1. The lowest BCUT2D eigenvalue weighted by Gasteiger charge is -2.17. The average Bonchev–Trinajstić information content (AvgIpc) is 3.06. The van der Waals surface area contributed by atoms with Gasteiger partial charge in [0, 0.05) is 13.1 Å². The normalized spacial score (nSPS) is 21.8. The Morgan fingerprint density at radius 2 is 1.85 bits per heavy atom. The van der Waals surface area contributed by atoms with Crippen molar-refractivity contribution in [3.8, 4) is 0 Å². The van der Waals surface area contributed by atoms with E-state index in [4.69, 9.17) is 0 Å². The van der Waals surface area contributed by atoms with Crippen molar-refractivity contribution in [3.63, 3.8) is 0 Å². The molecule has 2 fully saturated rings. The molecule has 0 bridgehead atoms. The first-order chi connectivity index (χ1) is 9.47. The number of aliphatic carboxylic acids is 1. The van der Waals surface area contributed by atoms with E-state index in [1.54, 1.807) is 18.2 Å². The first-order valence-electron chi connectivity index (χ1n) is 6.81. The van der Waals surface area contributed by atoms with E-state index >= 15 is 0 Å². The molecular weight excluding hydrogens is 278 g/mol. The summed E-state index contributed by atoms with van der Waals surface area (Å²) < 4.78 is 26.4. The molecular formula is C14H17NO4S. The van der Waals surface area contributed by atoms with E-state index in [1.807, 2.05) is 0 Å². The Labute approximate surface area is 118 Å². The van der Waals surface area contributed by atoms with Gasteiger partial charge in [0.1, 0.15) is 0 Å². The Hall–Kier alpha value is -1.40. The fraction of sp³-hybridized carbons (Fsp3) is 0.500. The zero-order valence-corrected chi connectivity index (χ0v) is 11.9. The number of carboxylic acids is 1. The second-order valence-electron chi connectivity index (χ2n) is 5.53. The molecule has 1 saturated heterocycles. The molecule has 1 aliphatic carbocycles. The van der Waals surface area contributed by atoms with Crippen LogP contribution in [0.1, 0.15) is 31.2 Å². The minimum atomic E-state index is -3.48. The zero-order chi connectivity index (χ0) is 14.4. The predicted octanol–water partition coefficient (Wildman–Crippen LogP) is 1.59. The molecule has 1 N–H and O–H groups in total. The smallest absolute Gasteiger partial charge is 0.314 e. The number of sulfonamides is 1. The maximum absolute atomic E-state index is 12.5. The van der Waals surface area contributed by atoms with E-state index in [0.29, 0.717) is 31.5 Å². The van der Waals surface area contributed by atoms with Crippen LogP contribution in [-0.4, -0.2) is 36.9 Å². The van der Waals surface area contributed by atoms with Gasteiger partial charge in [0.2, 0.25) is 10.0 Å². The fourth-order valence-corrected chi connectivity index (χ4v) is 4.35. The molecule has 2 aliphatic rings. The van der Waals surface area contributed by atoms with Crippen LogP contribution in [0.5, 0.6) is 0 Å². The molecule has 0 radical (unpaired) electrons. The highest BCUT2D eigenvalue weighted by molar-refractivity contribution is 7.89. The molecule has 0 spiro atoms. The molecule has 0 aromatic heterocycles. The summed E-state index contributed by atoms with van der Waals surface area (Å²) in [5, 5.41) is 9.30. The third kappa shape index (κ3) is 2.03. The van der Waals surface area contributed by atoms with Crippen LogP contribution in [0.15, 0.2) is 29.2 Å². The molecule has 3 rings (SSSR count). The van der Waals surface area contributed by atoms with Gasteiger partial charge >= 0.3 is 5.97 Å². The lowest BCUT2D eigenvalue weighted by molar-refractivity contribution is -0.140. The third-order valence-electron chi connectivity index (χ3n) is 4.25. The molecule has 0 unspecified atom stereocenters. The number of carbonyl (C=O) groups is 1. The average molecular weight is 295 g/mol.